The zero-order chi connectivity index (χ0) is 14.8. The Labute approximate surface area is 120 Å². The van der Waals surface area contributed by atoms with Gasteiger partial charge in [0.25, 0.3) is 0 Å². The summed E-state index contributed by atoms with van der Waals surface area (Å²) in [5.74, 6) is 0.345. The maximum atomic E-state index is 12.8. The van der Waals surface area contributed by atoms with Crippen molar-refractivity contribution in [3.63, 3.8) is 0 Å². The summed E-state index contributed by atoms with van der Waals surface area (Å²) < 4.78 is 32.2. The average molecular weight is 299 g/mol. The Morgan fingerprint density at radius 2 is 2.15 bits per heavy atom. The zero-order valence-electron chi connectivity index (χ0n) is 11.9. The molecule has 0 bridgehead atoms. The SMILES string of the molecule is COc1ccc(C)cc1S(=O)(=O)N1CCCCC1CO. The molecule has 0 saturated carbocycles. The number of aliphatic hydroxyl groups is 1. The number of nitrogens with zero attached hydrogens (tertiary/aromatic N) is 1. The van der Waals surface area contributed by atoms with Crippen molar-refractivity contribution in [3.8, 4) is 5.75 Å². The molecule has 2 rings (SSSR count). The van der Waals surface area contributed by atoms with Crippen LogP contribution in [-0.2, 0) is 10.0 Å². The predicted octanol–water partition coefficient (Wildman–Crippen LogP) is 1.54. The van der Waals surface area contributed by atoms with Crippen LogP contribution < -0.4 is 4.74 Å². The maximum absolute atomic E-state index is 12.8. The second kappa shape index (κ2) is 6.11. The summed E-state index contributed by atoms with van der Waals surface area (Å²) in [6.07, 6.45) is 2.47. The number of hydrogen-bond donors (Lipinski definition) is 1. The summed E-state index contributed by atoms with van der Waals surface area (Å²) in [5.41, 5.74) is 0.863. The van der Waals surface area contributed by atoms with E-state index in [2.05, 4.69) is 0 Å². The molecule has 1 unspecified atom stereocenters. The first kappa shape index (κ1) is 15.3. The van der Waals surface area contributed by atoms with Gasteiger partial charge in [-0.2, -0.15) is 4.31 Å². The van der Waals surface area contributed by atoms with Gasteiger partial charge in [0.15, 0.2) is 0 Å². The lowest BCUT2D eigenvalue weighted by atomic mass is 10.1. The number of benzene rings is 1. The number of methoxy groups -OCH3 is 1. The number of sulfonamides is 1. The van der Waals surface area contributed by atoms with E-state index in [0.29, 0.717) is 18.7 Å². The zero-order valence-corrected chi connectivity index (χ0v) is 12.7. The predicted molar refractivity (Wildman–Crippen MR) is 76.3 cm³/mol. The van der Waals surface area contributed by atoms with Gasteiger partial charge < -0.3 is 9.84 Å². The highest BCUT2D eigenvalue weighted by atomic mass is 32.2. The van der Waals surface area contributed by atoms with Crippen molar-refractivity contribution in [2.75, 3.05) is 20.3 Å². The normalized spacial score (nSPS) is 20.9. The Morgan fingerprint density at radius 1 is 1.40 bits per heavy atom. The number of aryl methyl sites for hydroxylation is 1. The first-order valence-corrected chi connectivity index (χ1v) is 8.22. The van der Waals surface area contributed by atoms with Gasteiger partial charge in [0.1, 0.15) is 10.6 Å². The number of ether oxygens (including phenoxy) is 1. The van der Waals surface area contributed by atoms with Gasteiger partial charge in [-0.15, -0.1) is 0 Å². The van der Waals surface area contributed by atoms with Crippen molar-refractivity contribution in [3.05, 3.63) is 23.8 Å². The third kappa shape index (κ3) is 2.82. The van der Waals surface area contributed by atoms with Gasteiger partial charge in [-0.05, 0) is 37.5 Å². The van der Waals surface area contributed by atoms with Crippen LogP contribution in [0.1, 0.15) is 24.8 Å². The van der Waals surface area contributed by atoms with E-state index in [0.717, 1.165) is 18.4 Å². The molecule has 112 valence electrons. The van der Waals surface area contributed by atoms with Crippen molar-refractivity contribution in [2.45, 2.75) is 37.1 Å². The fourth-order valence-electron chi connectivity index (χ4n) is 2.58. The summed E-state index contributed by atoms with van der Waals surface area (Å²) in [6.45, 7) is 2.15. The molecule has 0 aliphatic carbocycles. The molecule has 1 fully saturated rings. The molecule has 5 nitrogen and oxygen atoms in total. The van der Waals surface area contributed by atoms with Gasteiger partial charge in [-0.25, -0.2) is 8.42 Å². The molecule has 1 N–H and O–H groups in total. The van der Waals surface area contributed by atoms with Crippen LogP contribution in [-0.4, -0.2) is 44.1 Å². The van der Waals surface area contributed by atoms with Crippen molar-refractivity contribution in [1.82, 2.24) is 4.31 Å². The molecule has 0 spiro atoms. The van der Waals surface area contributed by atoms with Crippen molar-refractivity contribution in [1.29, 1.82) is 0 Å². The van der Waals surface area contributed by atoms with Gasteiger partial charge in [0, 0.05) is 12.6 Å². The molecular weight excluding hydrogens is 278 g/mol. The third-order valence-corrected chi connectivity index (χ3v) is 5.66. The van der Waals surface area contributed by atoms with Crippen molar-refractivity contribution >= 4 is 10.0 Å². The molecule has 20 heavy (non-hydrogen) atoms. The van der Waals surface area contributed by atoms with Crippen molar-refractivity contribution < 1.29 is 18.3 Å². The highest BCUT2D eigenvalue weighted by Gasteiger charge is 2.34. The lowest BCUT2D eigenvalue weighted by Crippen LogP contribution is -2.45. The monoisotopic (exact) mass is 299 g/mol. The van der Waals surface area contributed by atoms with E-state index < -0.39 is 10.0 Å². The minimum atomic E-state index is -3.64. The van der Waals surface area contributed by atoms with Gasteiger partial charge in [-0.3, -0.25) is 0 Å². The Bertz CT molecular complexity index is 571. The summed E-state index contributed by atoms with van der Waals surface area (Å²) in [6, 6.07) is 4.77. The number of piperidine rings is 1. The highest BCUT2D eigenvalue weighted by Crippen LogP contribution is 2.31. The number of hydrogen-bond acceptors (Lipinski definition) is 4. The Kier molecular flexibility index (Phi) is 4.67. The molecule has 0 amide bonds. The lowest BCUT2D eigenvalue weighted by molar-refractivity contribution is 0.155. The fourth-order valence-corrected chi connectivity index (χ4v) is 4.51. The van der Waals surface area contributed by atoms with Crippen LogP contribution in [0.3, 0.4) is 0 Å². The minimum Gasteiger partial charge on any atom is -0.495 e. The third-order valence-electron chi connectivity index (χ3n) is 3.69. The van der Waals surface area contributed by atoms with Crippen LogP contribution in [0.4, 0.5) is 0 Å². The standard InChI is InChI=1S/C14H21NO4S/c1-11-6-7-13(19-2)14(9-11)20(17,18)15-8-4-3-5-12(15)10-16/h6-7,9,12,16H,3-5,8,10H2,1-2H3. The van der Waals surface area contributed by atoms with E-state index >= 15 is 0 Å². The van der Waals surface area contributed by atoms with Crippen LogP contribution in [0.2, 0.25) is 0 Å². The molecule has 1 aliphatic heterocycles. The van der Waals surface area contributed by atoms with Crippen LogP contribution in [0, 0.1) is 6.92 Å². The molecule has 0 aromatic heterocycles. The molecule has 1 aromatic carbocycles. The van der Waals surface area contributed by atoms with Crippen molar-refractivity contribution in [2.24, 2.45) is 0 Å². The second-order valence-corrected chi connectivity index (χ2v) is 6.96. The van der Waals surface area contributed by atoms with Crippen LogP contribution in [0.5, 0.6) is 5.75 Å². The molecule has 0 radical (unpaired) electrons. The fraction of sp³-hybridized carbons (Fsp3) is 0.571. The molecule has 1 saturated heterocycles. The number of rotatable bonds is 4. The summed E-state index contributed by atoms with van der Waals surface area (Å²) in [5, 5.41) is 9.42. The second-order valence-electron chi connectivity index (χ2n) is 5.10. The van der Waals surface area contributed by atoms with Gasteiger partial charge >= 0.3 is 0 Å². The number of aliphatic hydroxyl groups excluding tert-OH is 1. The van der Waals surface area contributed by atoms with E-state index in [-0.39, 0.29) is 17.5 Å². The van der Waals surface area contributed by atoms with Crippen LogP contribution >= 0.6 is 0 Å². The lowest BCUT2D eigenvalue weighted by Gasteiger charge is -2.33. The van der Waals surface area contributed by atoms with Gasteiger partial charge in [0.2, 0.25) is 10.0 Å². The largest absolute Gasteiger partial charge is 0.495 e. The maximum Gasteiger partial charge on any atom is 0.247 e. The molecule has 1 heterocycles. The smallest absolute Gasteiger partial charge is 0.247 e. The quantitative estimate of drug-likeness (QED) is 0.916. The summed E-state index contributed by atoms with van der Waals surface area (Å²) in [4.78, 5) is 0.181. The summed E-state index contributed by atoms with van der Waals surface area (Å²) >= 11 is 0. The summed E-state index contributed by atoms with van der Waals surface area (Å²) in [7, 11) is -2.18. The topological polar surface area (TPSA) is 66.8 Å². The Balaban J connectivity index is 2.46. The first-order valence-electron chi connectivity index (χ1n) is 6.78. The highest BCUT2D eigenvalue weighted by molar-refractivity contribution is 7.89. The van der Waals surface area contributed by atoms with E-state index in [1.807, 2.05) is 13.0 Å². The average Bonchev–Trinajstić information content (AvgIpc) is 2.47. The van der Waals surface area contributed by atoms with E-state index in [9.17, 15) is 13.5 Å². The van der Waals surface area contributed by atoms with E-state index in [1.165, 1.54) is 11.4 Å². The molecule has 1 atom stereocenters. The minimum absolute atomic E-state index is 0.145. The van der Waals surface area contributed by atoms with E-state index in [4.69, 9.17) is 4.74 Å². The van der Waals surface area contributed by atoms with Gasteiger partial charge in [0.05, 0.1) is 13.7 Å². The van der Waals surface area contributed by atoms with Gasteiger partial charge in [-0.1, -0.05) is 12.5 Å². The van der Waals surface area contributed by atoms with E-state index in [1.54, 1.807) is 12.1 Å². The Morgan fingerprint density at radius 3 is 2.80 bits per heavy atom. The Hall–Kier alpha value is -1.11. The first-order chi connectivity index (χ1) is 9.50. The van der Waals surface area contributed by atoms with Crippen LogP contribution in [0.25, 0.3) is 0 Å². The molecule has 6 heteroatoms. The molecule has 1 aromatic rings. The van der Waals surface area contributed by atoms with Crippen LogP contribution in [0.15, 0.2) is 23.1 Å². The molecular formula is C14H21NO4S. The molecule has 1 aliphatic rings.